The third-order valence-corrected chi connectivity index (χ3v) is 1.96. The maximum atomic E-state index is 10.7. The van der Waals surface area contributed by atoms with Crippen molar-refractivity contribution in [3.05, 3.63) is 35.4 Å². The maximum Gasteiger partial charge on any atom is 0.335 e. The molecule has 0 spiro atoms. The summed E-state index contributed by atoms with van der Waals surface area (Å²) in [6.07, 6.45) is 0. The predicted octanol–water partition coefficient (Wildman–Crippen LogP) is 1.14. The fraction of sp³-hybridized carbons (Fsp3) is 0.200. The number of guanidine groups is 1. The maximum absolute atomic E-state index is 10.7. The van der Waals surface area contributed by atoms with Crippen LogP contribution in [0, 0.1) is 0 Å². The Balaban J connectivity index is 0.00000225. The molecule has 1 aromatic carbocycles. The van der Waals surface area contributed by atoms with Gasteiger partial charge in [0.1, 0.15) is 0 Å². The summed E-state index contributed by atoms with van der Waals surface area (Å²) < 4.78 is 0. The van der Waals surface area contributed by atoms with E-state index in [2.05, 4.69) is 4.99 Å². The summed E-state index contributed by atoms with van der Waals surface area (Å²) in [4.78, 5) is 14.6. The van der Waals surface area contributed by atoms with E-state index in [1.54, 1.807) is 25.1 Å². The van der Waals surface area contributed by atoms with Gasteiger partial charge in [0.05, 0.1) is 11.6 Å². The molecule has 5 N–H and O–H groups in total. The van der Waals surface area contributed by atoms with E-state index in [1.165, 1.54) is 6.07 Å². The van der Waals surface area contributed by atoms with Crippen molar-refractivity contribution < 1.29 is 9.90 Å². The lowest BCUT2D eigenvalue weighted by Gasteiger charge is -2.07. The third-order valence-electron chi connectivity index (χ3n) is 1.96. The van der Waals surface area contributed by atoms with Crippen LogP contribution in [-0.2, 0) is 0 Å². The van der Waals surface area contributed by atoms with E-state index in [9.17, 15) is 4.79 Å². The topological polar surface area (TPSA) is 102 Å². The van der Waals surface area contributed by atoms with Gasteiger partial charge in [0.25, 0.3) is 0 Å². The summed E-state index contributed by atoms with van der Waals surface area (Å²) >= 11 is 0. The number of nitrogens with zero attached hydrogens (tertiary/aromatic N) is 1. The Kier molecular flexibility index (Phi) is 5.32. The highest BCUT2D eigenvalue weighted by atomic mass is 35.5. The van der Waals surface area contributed by atoms with E-state index in [4.69, 9.17) is 16.6 Å². The molecule has 0 saturated heterocycles. The number of hydrogen-bond acceptors (Lipinski definition) is 2. The first-order valence-corrected chi connectivity index (χ1v) is 4.42. The van der Waals surface area contributed by atoms with Crippen molar-refractivity contribution in [2.75, 3.05) is 0 Å². The van der Waals surface area contributed by atoms with E-state index in [0.717, 1.165) is 5.56 Å². The molecule has 88 valence electrons. The zero-order chi connectivity index (χ0) is 11.4. The number of aliphatic imine (C=N–C) groups is 1. The Bertz CT molecular complexity index is 403. The van der Waals surface area contributed by atoms with Gasteiger partial charge in [-0.3, -0.25) is 0 Å². The van der Waals surface area contributed by atoms with E-state index >= 15 is 0 Å². The van der Waals surface area contributed by atoms with Gasteiger partial charge in [-0.15, -0.1) is 12.4 Å². The fourth-order valence-electron chi connectivity index (χ4n) is 1.23. The molecule has 0 aliphatic rings. The van der Waals surface area contributed by atoms with Gasteiger partial charge in [-0.2, -0.15) is 0 Å². The van der Waals surface area contributed by atoms with Crippen molar-refractivity contribution in [2.45, 2.75) is 13.0 Å². The highest BCUT2D eigenvalue weighted by Crippen LogP contribution is 2.17. The summed E-state index contributed by atoms with van der Waals surface area (Å²) in [5.74, 6) is -0.975. The molecular formula is C10H14ClN3O2. The van der Waals surface area contributed by atoms with Crippen LogP contribution in [0.4, 0.5) is 0 Å². The molecule has 0 aromatic heterocycles. The Morgan fingerprint density at radius 2 is 2.06 bits per heavy atom. The molecule has 0 heterocycles. The number of aromatic carboxylic acids is 1. The quantitative estimate of drug-likeness (QED) is 0.547. The van der Waals surface area contributed by atoms with E-state index in [-0.39, 0.29) is 30.0 Å². The molecule has 0 radical (unpaired) electrons. The molecule has 1 unspecified atom stereocenters. The van der Waals surface area contributed by atoms with Crippen LogP contribution >= 0.6 is 12.4 Å². The first-order chi connectivity index (χ1) is 7.00. The monoisotopic (exact) mass is 243 g/mol. The van der Waals surface area contributed by atoms with Gasteiger partial charge in [-0.1, -0.05) is 12.1 Å². The average Bonchev–Trinajstić information content (AvgIpc) is 2.17. The lowest BCUT2D eigenvalue weighted by Crippen LogP contribution is -2.23. The molecule has 0 amide bonds. The molecule has 0 aliphatic carbocycles. The minimum atomic E-state index is -0.964. The van der Waals surface area contributed by atoms with E-state index in [0.29, 0.717) is 0 Å². The number of hydrogen-bond donors (Lipinski definition) is 3. The zero-order valence-corrected chi connectivity index (χ0v) is 9.57. The van der Waals surface area contributed by atoms with Crippen LogP contribution in [0.15, 0.2) is 29.3 Å². The van der Waals surface area contributed by atoms with Gasteiger partial charge < -0.3 is 16.6 Å². The van der Waals surface area contributed by atoms with Crippen molar-refractivity contribution in [2.24, 2.45) is 16.5 Å². The van der Waals surface area contributed by atoms with Crippen LogP contribution in [0.1, 0.15) is 28.9 Å². The predicted molar refractivity (Wildman–Crippen MR) is 64.9 cm³/mol. The highest BCUT2D eigenvalue weighted by Gasteiger charge is 2.07. The number of halogens is 1. The molecule has 1 rings (SSSR count). The van der Waals surface area contributed by atoms with Crippen LogP contribution in [0.5, 0.6) is 0 Å². The number of carboxylic acids is 1. The summed E-state index contributed by atoms with van der Waals surface area (Å²) in [5, 5.41) is 8.79. The van der Waals surface area contributed by atoms with Gasteiger partial charge in [-0.25, -0.2) is 9.79 Å². The molecule has 6 heteroatoms. The van der Waals surface area contributed by atoms with Crippen LogP contribution in [0.3, 0.4) is 0 Å². The molecule has 0 saturated carbocycles. The first kappa shape index (κ1) is 14.2. The third kappa shape index (κ3) is 3.78. The smallest absolute Gasteiger partial charge is 0.335 e. The minimum Gasteiger partial charge on any atom is -0.478 e. The Labute approximate surface area is 99.6 Å². The standard InChI is InChI=1S/C10H13N3O2.ClH/c1-6(13-10(11)12)7-3-2-4-8(5-7)9(14)15;/h2-6H,1H3,(H,14,15)(H4,11,12,13);1H. The van der Waals surface area contributed by atoms with Crippen LogP contribution in [0.25, 0.3) is 0 Å². The Morgan fingerprint density at radius 1 is 1.44 bits per heavy atom. The molecule has 5 nitrogen and oxygen atoms in total. The molecule has 1 atom stereocenters. The van der Waals surface area contributed by atoms with Crippen LogP contribution in [-0.4, -0.2) is 17.0 Å². The Hall–Kier alpha value is -1.75. The number of rotatable bonds is 3. The van der Waals surface area contributed by atoms with Crippen molar-refractivity contribution >= 4 is 24.3 Å². The zero-order valence-electron chi connectivity index (χ0n) is 8.75. The normalized spacial score (nSPS) is 11.1. The SMILES string of the molecule is CC(N=C(N)N)c1cccc(C(=O)O)c1.Cl. The Morgan fingerprint density at radius 3 is 2.56 bits per heavy atom. The molecule has 0 bridgehead atoms. The molecular weight excluding hydrogens is 230 g/mol. The number of nitrogens with two attached hydrogens (primary N) is 2. The lowest BCUT2D eigenvalue weighted by atomic mass is 10.1. The van der Waals surface area contributed by atoms with Gasteiger partial charge in [0, 0.05) is 0 Å². The van der Waals surface area contributed by atoms with Gasteiger partial charge in [0.15, 0.2) is 5.96 Å². The van der Waals surface area contributed by atoms with E-state index < -0.39 is 5.97 Å². The van der Waals surface area contributed by atoms with E-state index in [1.807, 2.05) is 0 Å². The lowest BCUT2D eigenvalue weighted by molar-refractivity contribution is 0.0697. The number of carboxylic acid groups (broad SMARTS) is 1. The summed E-state index contributed by atoms with van der Waals surface area (Å²) in [6.45, 7) is 1.79. The van der Waals surface area contributed by atoms with Crippen molar-refractivity contribution in [1.82, 2.24) is 0 Å². The second kappa shape index (κ2) is 5.97. The molecule has 0 aliphatic heterocycles. The first-order valence-electron chi connectivity index (χ1n) is 4.42. The average molecular weight is 244 g/mol. The number of benzene rings is 1. The van der Waals surface area contributed by atoms with Crippen LogP contribution < -0.4 is 11.5 Å². The second-order valence-corrected chi connectivity index (χ2v) is 3.16. The summed E-state index contributed by atoms with van der Waals surface area (Å²) in [6, 6.07) is 6.28. The van der Waals surface area contributed by atoms with Crippen molar-refractivity contribution in [3.63, 3.8) is 0 Å². The molecule has 1 aromatic rings. The summed E-state index contributed by atoms with van der Waals surface area (Å²) in [7, 11) is 0. The molecule has 16 heavy (non-hydrogen) atoms. The van der Waals surface area contributed by atoms with Crippen molar-refractivity contribution in [1.29, 1.82) is 0 Å². The van der Waals surface area contributed by atoms with Crippen LogP contribution in [0.2, 0.25) is 0 Å². The molecule has 0 fully saturated rings. The number of carbonyl (C=O) groups is 1. The van der Waals surface area contributed by atoms with Gasteiger partial charge >= 0.3 is 5.97 Å². The largest absolute Gasteiger partial charge is 0.478 e. The van der Waals surface area contributed by atoms with Gasteiger partial charge in [0.2, 0.25) is 0 Å². The highest BCUT2D eigenvalue weighted by molar-refractivity contribution is 5.87. The summed E-state index contributed by atoms with van der Waals surface area (Å²) in [5.41, 5.74) is 11.5. The van der Waals surface area contributed by atoms with Gasteiger partial charge in [-0.05, 0) is 24.6 Å². The second-order valence-electron chi connectivity index (χ2n) is 3.16. The fourth-order valence-corrected chi connectivity index (χ4v) is 1.23. The minimum absolute atomic E-state index is 0. The van der Waals surface area contributed by atoms with Crippen molar-refractivity contribution in [3.8, 4) is 0 Å².